The van der Waals surface area contributed by atoms with Crippen LogP contribution in [-0.2, 0) is 12.8 Å². The summed E-state index contributed by atoms with van der Waals surface area (Å²) in [6.45, 7) is 10.8. The lowest BCUT2D eigenvalue weighted by Crippen LogP contribution is -1.92. The van der Waals surface area contributed by atoms with Crippen molar-refractivity contribution >= 4 is 28.0 Å². The molecule has 0 heterocycles. The van der Waals surface area contributed by atoms with Gasteiger partial charge in [0.05, 0.1) is 0 Å². The van der Waals surface area contributed by atoms with Gasteiger partial charge in [-0.3, -0.25) is 0 Å². The molecule has 1 aliphatic rings. The molecule has 0 saturated heterocycles. The largest absolute Gasteiger partial charge is 0.0955 e. The first kappa shape index (κ1) is 19.6. The van der Waals surface area contributed by atoms with Crippen LogP contribution >= 0.6 is 0 Å². The van der Waals surface area contributed by atoms with Gasteiger partial charge in [0.15, 0.2) is 0 Å². The van der Waals surface area contributed by atoms with E-state index in [9.17, 15) is 0 Å². The van der Waals surface area contributed by atoms with Gasteiger partial charge in [-0.25, -0.2) is 0 Å². The summed E-state index contributed by atoms with van der Waals surface area (Å²) in [5, 5.41) is 2.63. The van der Waals surface area contributed by atoms with Crippen LogP contribution in [0.15, 0.2) is 79.4 Å². The van der Waals surface area contributed by atoms with Crippen LogP contribution in [0.2, 0.25) is 0 Å². The Morgan fingerprint density at radius 1 is 0.903 bits per heavy atom. The molecule has 0 fully saturated rings. The highest BCUT2D eigenvalue weighted by Gasteiger charge is 2.19. The van der Waals surface area contributed by atoms with Gasteiger partial charge in [0.25, 0.3) is 0 Å². The number of aryl methyl sites for hydroxylation is 2. The molecule has 0 unspecified atom stereocenters. The molecule has 0 heteroatoms. The van der Waals surface area contributed by atoms with Gasteiger partial charge in [0.2, 0.25) is 0 Å². The molecule has 0 aromatic heterocycles. The lowest BCUT2D eigenvalue weighted by molar-refractivity contribution is 1.14. The molecule has 0 bridgehead atoms. The van der Waals surface area contributed by atoms with E-state index in [2.05, 4.69) is 106 Å². The minimum atomic E-state index is 0.986. The van der Waals surface area contributed by atoms with Crippen molar-refractivity contribution in [2.24, 2.45) is 0 Å². The van der Waals surface area contributed by atoms with E-state index in [0.717, 1.165) is 18.4 Å². The monoisotopic (exact) mass is 400 g/mol. The number of hydrogen-bond donors (Lipinski definition) is 0. The highest BCUT2D eigenvalue weighted by molar-refractivity contribution is 6.05. The predicted octanol–water partition coefficient (Wildman–Crippen LogP) is 8.51. The number of benzene rings is 4. The van der Waals surface area contributed by atoms with E-state index in [0.29, 0.717) is 0 Å². The molecular formula is C31H28. The second-order valence-electron chi connectivity index (χ2n) is 8.71. The van der Waals surface area contributed by atoms with E-state index in [1.54, 1.807) is 0 Å². The number of fused-ring (bicyclic) bond motifs is 3. The van der Waals surface area contributed by atoms with Crippen LogP contribution in [0.25, 0.3) is 39.1 Å². The second kappa shape index (κ2) is 7.71. The lowest BCUT2D eigenvalue weighted by Gasteiger charge is -2.13. The standard InChI is InChI=1S/C31H28/c1-5-22-9-6-7-11-29(22)28-16-15-24(17-21(28)4)26-18-25-14-13-23-10-8-12-27(20(2)3)31(23)30(25)19-26/h6-17,19H,2,5,18H2,1,3-4H3. The summed E-state index contributed by atoms with van der Waals surface area (Å²) >= 11 is 0. The average Bonchev–Trinajstić information content (AvgIpc) is 3.23. The minimum Gasteiger partial charge on any atom is -0.0955 e. The molecule has 4 aromatic rings. The van der Waals surface area contributed by atoms with Crippen LogP contribution < -0.4 is 0 Å². The van der Waals surface area contributed by atoms with Crippen LogP contribution in [0.5, 0.6) is 0 Å². The van der Waals surface area contributed by atoms with Gasteiger partial charge in [-0.2, -0.15) is 0 Å². The Morgan fingerprint density at radius 3 is 2.52 bits per heavy atom. The van der Waals surface area contributed by atoms with Gasteiger partial charge < -0.3 is 0 Å². The number of allylic oxidation sites excluding steroid dienone is 2. The summed E-state index contributed by atoms with van der Waals surface area (Å²) in [6, 6.07) is 26.8. The SMILES string of the molecule is C=C(C)c1cccc2ccc3c(c12)C=C(c1ccc(-c2ccccc2CC)c(C)c1)C3. The second-order valence-corrected chi connectivity index (χ2v) is 8.71. The summed E-state index contributed by atoms with van der Waals surface area (Å²) in [4.78, 5) is 0. The Labute approximate surface area is 185 Å². The molecule has 152 valence electrons. The van der Waals surface area contributed by atoms with E-state index < -0.39 is 0 Å². The van der Waals surface area contributed by atoms with Crippen LogP contribution in [0.1, 0.15) is 47.2 Å². The first-order valence-electron chi connectivity index (χ1n) is 11.2. The van der Waals surface area contributed by atoms with Crippen molar-refractivity contribution in [3.63, 3.8) is 0 Å². The third-order valence-electron chi connectivity index (χ3n) is 6.62. The molecule has 0 N–H and O–H groups in total. The quantitative estimate of drug-likeness (QED) is 0.322. The van der Waals surface area contributed by atoms with Gasteiger partial charge in [-0.05, 0) is 93.6 Å². The van der Waals surface area contributed by atoms with Crippen molar-refractivity contribution in [1.82, 2.24) is 0 Å². The smallest absolute Gasteiger partial charge is 0.00134 e. The fraction of sp³-hybridized carbons (Fsp3) is 0.161. The molecule has 0 radical (unpaired) electrons. The van der Waals surface area contributed by atoms with Gasteiger partial charge >= 0.3 is 0 Å². The summed E-state index contributed by atoms with van der Waals surface area (Å²) in [5.41, 5.74) is 13.3. The van der Waals surface area contributed by atoms with Gasteiger partial charge in [0.1, 0.15) is 0 Å². The summed E-state index contributed by atoms with van der Waals surface area (Å²) in [7, 11) is 0. The molecule has 0 amide bonds. The molecular weight excluding hydrogens is 372 g/mol. The maximum Gasteiger partial charge on any atom is -0.00134 e. The topological polar surface area (TPSA) is 0 Å². The maximum absolute atomic E-state index is 4.22. The molecule has 0 aliphatic heterocycles. The van der Waals surface area contributed by atoms with Crippen molar-refractivity contribution < 1.29 is 0 Å². The summed E-state index contributed by atoms with van der Waals surface area (Å²) in [5.74, 6) is 0. The first-order chi connectivity index (χ1) is 15.1. The van der Waals surface area contributed by atoms with Gasteiger partial charge in [-0.15, -0.1) is 0 Å². The molecule has 0 nitrogen and oxygen atoms in total. The first-order valence-corrected chi connectivity index (χ1v) is 11.2. The van der Waals surface area contributed by atoms with Gasteiger partial charge in [-0.1, -0.05) is 91.9 Å². The zero-order valence-electron chi connectivity index (χ0n) is 18.6. The predicted molar refractivity (Wildman–Crippen MR) is 136 cm³/mol. The normalized spacial score (nSPS) is 12.7. The van der Waals surface area contributed by atoms with Gasteiger partial charge in [0, 0.05) is 0 Å². The molecule has 0 saturated carbocycles. The maximum atomic E-state index is 4.22. The molecule has 31 heavy (non-hydrogen) atoms. The van der Waals surface area contributed by atoms with Crippen LogP contribution in [0, 0.1) is 6.92 Å². The summed E-state index contributed by atoms with van der Waals surface area (Å²) in [6.07, 6.45) is 4.44. The van der Waals surface area contributed by atoms with Crippen molar-refractivity contribution in [2.75, 3.05) is 0 Å². The van der Waals surface area contributed by atoms with E-state index in [-0.39, 0.29) is 0 Å². The molecule has 0 spiro atoms. The highest BCUT2D eigenvalue weighted by atomic mass is 14.2. The number of rotatable bonds is 4. The van der Waals surface area contributed by atoms with Crippen molar-refractivity contribution in [3.05, 3.63) is 113 Å². The lowest BCUT2D eigenvalue weighted by atomic mass is 9.92. The molecule has 1 aliphatic carbocycles. The fourth-order valence-corrected chi connectivity index (χ4v) is 5.00. The van der Waals surface area contributed by atoms with E-state index in [4.69, 9.17) is 0 Å². The zero-order chi connectivity index (χ0) is 21.5. The molecule has 5 rings (SSSR count). The third kappa shape index (κ3) is 3.33. The van der Waals surface area contributed by atoms with Crippen LogP contribution in [0.4, 0.5) is 0 Å². The molecule has 0 atom stereocenters. The third-order valence-corrected chi connectivity index (χ3v) is 6.62. The van der Waals surface area contributed by atoms with Crippen molar-refractivity contribution in [1.29, 1.82) is 0 Å². The Morgan fingerprint density at radius 2 is 1.74 bits per heavy atom. The highest BCUT2D eigenvalue weighted by Crippen LogP contribution is 2.39. The Bertz CT molecular complexity index is 1360. The summed E-state index contributed by atoms with van der Waals surface area (Å²) < 4.78 is 0. The fourth-order valence-electron chi connectivity index (χ4n) is 5.00. The average molecular weight is 401 g/mol. The van der Waals surface area contributed by atoms with Crippen molar-refractivity contribution in [3.8, 4) is 11.1 Å². The van der Waals surface area contributed by atoms with E-state index >= 15 is 0 Å². The van der Waals surface area contributed by atoms with Crippen LogP contribution in [0.3, 0.4) is 0 Å². The Hall–Kier alpha value is -3.38. The van der Waals surface area contributed by atoms with Crippen molar-refractivity contribution in [2.45, 2.75) is 33.6 Å². The molecule has 4 aromatic carbocycles. The van der Waals surface area contributed by atoms with E-state index in [1.807, 2.05) is 0 Å². The van der Waals surface area contributed by atoms with E-state index in [1.165, 1.54) is 60.9 Å². The Balaban J connectivity index is 1.59. The zero-order valence-corrected chi connectivity index (χ0v) is 18.6. The number of hydrogen-bond acceptors (Lipinski definition) is 0. The minimum absolute atomic E-state index is 0.986. The van der Waals surface area contributed by atoms with Crippen LogP contribution in [-0.4, -0.2) is 0 Å². The Kier molecular flexibility index (Phi) is 4.87.